The zero-order valence-electron chi connectivity index (χ0n) is 16.5. The molecule has 1 N–H and O–H groups in total. The molecule has 0 saturated carbocycles. The van der Waals surface area contributed by atoms with Crippen LogP contribution in [0.5, 0.6) is 5.75 Å². The highest BCUT2D eigenvalue weighted by molar-refractivity contribution is 6.33. The van der Waals surface area contributed by atoms with Gasteiger partial charge in [-0.2, -0.15) is 0 Å². The highest BCUT2D eigenvalue weighted by atomic mass is 35.5. The van der Waals surface area contributed by atoms with Gasteiger partial charge in [-0.3, -0.25) is 9.59 Å². The van der Waals surface area contributed by atoms with Crippen LogP contribution in [0.3, 0.4) is 0 Å². The van der Waals surface area contributed by atoms with E-state index < -0.39 is 11.7 Å². The standard InChI is InChI=1S/C22H24ClFN2O3/c1-14-5-3-8-19(15(14)2)29-13-20(27)26-11-9-16(10-12-26)25-22(28)21-17(23)6-4-7-18(21)24/h3-8,16H,9-13H2,1-2H3,(H,25,28). The minimum atomic E-state index is -0.647. The summed E-state index contributed by atoms with van der Waals surface area (Å²) in [5.74, 6) is -0.558. The summed E-state index contributed by atoms with van der Waals surface area (Å²) in [6.45, 7) is 4.95. The van der Waals surface area contributed by atoms with E-state index in [9.17, 15) is 14.0 Å². The van der Waals surface area contributed by atoms with Gasteiger partial charge in [0.15, 0.2) is 6.61 Å². The maximum absolute atomic E-state index is 13.9. The molecule has 1 saturated heterocycles. The molecule has 1 aliphatic rings. The molecule has 2 amide bonds. The van der Waals surface area contributed by atoms with Crippen LogP contribution in [0, 0.1) is 19.7 Å². The van der Waals surface area contributed by atoms with Gasteiger partial charge in [0, 0.05) is 19.1 Å². The third-order valence-corrected chi connectivity index (χ3v) is 5.59. The maximum atomic E-state index is 13.9. The monoisotopic (exact) mass is 418 g/mol. The Balaban J connectivity index is 1.49. The number of hydrogen-bond acceptors (Lipinski definition) is 3. The van der Waals surface area contributed by atoms with Crippen molar-refractivity contribution in [2.24, 2.45) is 0 Å². The van der Waals surface area contributed by atoms with E-state index in [1.165, 1.54) is 18.2 Å². The van der Waals surface area contributed by atoms with Crippen molar-refractivity contribution in [1.29, 1.82) is 0 Å². The van der Waals surface area contributed by atoms with Crippen molar-refractivity contribution >= 4 is 23.4 Å². The van der Waals surface area contributed by atoms with Crippen molar-refractivity contribution in [2.45, 2.75) is 32.7 Å². The predicted molar refractivity (Wildman–Crippen MR) is 110 cm³/mol. The number of benzene rings is 2. The van der Waals surface area contributed by atoms with E-state index in [1.54, 1.807) is 4.90 Å². The summed E-state index contributed by atoms with van der Waals surface area (Å²) < 4.78 is 19.6. The molecule has 1 heterocycles. The third kappa shape index (κ3) is 5.07. The van der Waals surface area contributed by atoms with E-state index in [4.69, 9.17) is 16.3 Å². The second-order valence-electron chi connectivity index (χ2n) is 7.21. The summed E-state index contributed by atoms with van der Waals surface area (Å²) in [7, 11) is 0. The van der Waals surface area contributed by atoms with Crippen molar-refractivity contribution < 1.29 is 18.7 Å². The first kappa shape index (κ1) is 21.1. The molecule has 1 fully saturated rings. The van der Waals surface area contributed by atoms with Gasteiger partial charge in [0.05, 0.1) is 10.6 Å². The number of amides is 2. The Morgan fingerprint density at radius 2 is 1.86 bits per heavy atom. The summed E-state index contributed by atoms with van der Waals surface area (Å²) >= 11 is 5.95. The fourth-order valence-corrected chi connectivity index (χ4v) is 3.61. The van der Waals surface area contributed by atoms with E-state index in [0.717, 1.165) is 11.1 Å². The van der Waals surface area contributed by atoms with Crippen LogP contribution in [-0.2, 0) is 4.79 Å². The first-order chi connectivity index (χ1) is 13.9. The molecule has 29 heavy (non-hydrogen) atoms. The molecule has 0 aliphatic carbocycles. The number of rotatable bonds is 5. The number of nitrogens with zero attached hydrogens (tertiary/aromatic N) is 1. The smallest absolute Gasteiger partial charge is 0.260 e. The van der Waals surface area contributed by atoms with Crippen LogP contribution in [0.2, 0.25) is 5.02 Å². The topological polar surface area (TPSA) is 58.6 Å². The van der Waals surface area contributed by atoms with E-state index >= 15 is 0 Å². The first-order valence-electron chi connectivity index (χ1n) is 9.58. The third-order valence-electron chi connectivity index (χ3n) is 5.28. The number of carbonyl (C=O) groups excluding carboxylic acids is 2. The number of carbonyl (C=O) groups is 2. The van der Waals surface area contributed by atoms with Crippen LogP contribution in [0.4, 0.5) is 4.39 Å². The zero-order chi connectivity index (χ0) is 21.0. The summed E-state index contributed by atoms with van der Waals surface area (Å²) in [6, 6.07) is 9.76. The van der Waals surface area contributed by atoms with Gasteiger partial charge >= 0.3 is 0 Å². The van der Waals surface area contributed by atoms with Crippen LogP contribution in [-0.4, -0.2) is 42.5 Å². The molecule has 0 atom stereocenters. The molecule has 0 radical (unpaired) electrons. The van der Waals surface area contributed by atoms with Gasteiger partial charge in [0.1, 0.15) is 11.6 Å². The maximum Gasteiger partial charge on any atom is 0.260 e. The number of hydrogen-bond donors (Lipinski definition) is 1. The lowest BCUT2D eigenvalue weighted by Crippen LogP contribution is -2.47. The van der Waals surface area contributed by atoms with E-state index in [1.807, 2.05) is 32.0 Å². The lowest BCUT2D eigenvalue weighted by molar-refractivity contribution is -0.134. The lowest BCUT2D eigenvalue weighted by atomic mass is 10.0. The van der Waals surface area contributed by atoms with Crippen molar-refractivity contribution in [3.05, 3.63) is 63.9 Å². The molecule has 2 aromatic carbocycles. The second-order valence-corrected chi connectivity index (χ2v) is 7.62. The molecule has 0 spiro atoms. The van der Waals surface area contributed by atoms with E-state index in [0.29, 0.717) is 31.7 Å². The molecule has 7 heteroatoms. The molecule has 3 rings (SSSR count). The van der Waals surface area contributed by atoms with Crippen LogP contribution < -0.4 is 10.1 Å². The van der Waals surface area contributed by atoms with Gasteiger partial charge in [0.25, 0.3) is 11.8 Å². The van der Waals surface area contributed by atoms with Crippen molar-refractivity contribution in [1.82, 2.24) is 10.2 Å². The van der Waals surface area contributed by atoms with E-state index in [2.05, 4.69) is 5.32 Å². The average molecular weight is 419 g/mol. The Kier molecular flexibility index (Phi) is 6.75. The van der Waals surface area contributed by atoms with Gasteiger partial charge in [-0.15, -0.1) is 0 Å². The van der Waals surface area contributed by atoms with Crippen LogP contribution >= 0.6 is 11.6 Å². The minimum absolute atomic E-state index is 0.0217. The largest absolute Gasteiger partial charge is 0.483 e. The highest BCUT2D eigenvalue weighted by Gasteiger charge is 2.26. The first-order valence-corrected chi connectivity index (χ1v) is 9.96. The van der Waals surface area contributed by atoms with E-state index in [-0.39, 0.29) is 29.1 Å². The summed E-state index contributed by atoms with van der Waals surface area (Å²) in [6.07, 6.45) is 1.18. The lowest BCUT2D eigenvalue weighted by Gasteiger charge is -2.32. The van der Waals surface area contributed by atoms with Gasteiger partial charge in [-0.1, -0.05) is 29.8 Å². The quantitative estimate of drug-likeness (QED) is 0.801. The number of ether oxygens (including phenoxy) is 1. The average Bonchev–Trinajstić information content (AvgIpc) is 2.69. The molecule has 1 aliphatic heterocycles. The second kappa shape index (κ2) is 9.27. The summed E-state index contributed by atoms with van der Waals surface area (Å²) in [5.41, 5.74) is 1.99. The zero-order valence-corrected chi connectivity index (χ0v) is 17.3. The highest BCUT2D eigenvalue weighted by Crippen LogP contribution is 2.22. The van der Waals surface area contributed by atoms with Crippen LogP contribution in [0.1, 0.15) is 34.3 Å². The Labute approximate surface area is 174 Å². The van der Waals surface area contributed by atoms with Gasteiger partial charge in [0.2, 0.25) is 0 Å². The summed E-state index contributed by atoms with van der Waals surface area (Å²) in [5, 5.41) is 2.90. The number of halogens is 2. The number of likely N-dealkylation sites (tertiary alicyclic amines) is 1. The predicted octanol–water partition coefficient (Wildman–Crippen LogP) is 3.90. The molecule has 5 nitrogen and oxygen atoms in total. The van der Waals surface area contributed by atoms with Crippen molar-refractivity contribution in [3.8, 4) is 5.75 Å². The molecule has 154 valence electrons. The Hall–Kier alpha value is -2.60. The van der Waals surface area contributed by atoms with Gasteiger partial charge in [-0.25, -0.2) is 4.39 Å². The molecular weight excluding hydrogens is 395 g/mol. The van der Waals surface area contributed by atoms with Crippen molar-refractivity contribution in [2.75, 3.05) is 19.7 Å². The van der Waals surface area contributed by atoms with Crippen LogP contribution in [0.25, 0.3) is 0 Å². The fourth-order valence-electron chi connectivity index (χ4n) is 3.36. The molecule has 2 aromatic rings. The van der Waals surface area contributed by atoms with Crippen molar-refractivity contribution in [3.63, 3.8) is 0 Å². The van der Waals surface area contributed by atoms with Crippen LogP contribution in [0.15, 0.2) is 36.4 Å². The SMILES string of the molecule is Cc1cccc(OCC(=O)N2CCC(NC(=O)c3c(F)cccc3Cl)CC2)c1C. The normalized spacial score (nSPS) is 14.6. The molecule has 0 unspecified atom stereocenters. The fraction of sp³-hybridized carbons (Fsp3) is 0.364. The Bertz CT molecular complexity index is 891. The molecular formula is C22H24ClFN2O3. The number of piperidine rings is 1. The Morgan fingerprint density at radius 1 is 1.17 bits per heavy atom. The minimum Gasteiger partial charge on any atom is -0.483 e. The van der Waals surface area contributed by atoms with Gasteiger partial charge in [-0.05, 0) is 56.0 Å². The van der Waals surface area contributed by atoms with Gasteiger partial charge < -0.3 is 15.0 Å². The summed E-state index contributed by atoms with van der Waals surface area (Å²) in [4.78, 5) is 26.5. The molecule has 0 aromatic heterocycles. The number of aryl methyl sites for hydroxylation is 1. The molecule has 0 bridgehead atoms. The Morgan fingerprint density at radius 3 is 2.55 bits per heavy atom. The number of nitrogens with one attached hydrogen (secondary N) is 1.